The number of hydrogen-bond acceptors (Lipinski definition) is 4. The van der Waals surface area contributed by atoms with E-state index in [1.807, 2.05) is 26.8 Å². The van der Waals surface area contributed by atoms with E-state index in [1.54, 1.807) is 18.2 Å². The highest BCUT2D eigenvalue weighted by atomic mass is 16.6. The fourth-order valence-corrected chi connectivity index (χ4v) is 1.87. The lowest BCUT2D eigenvalue weighted by molar-refractivity contribution is -0.155. The molecule has 0 amide bonds. The molecule has 0 spiro atoms. The lowest BCUT2D eigenvalue weighted by atomic mass is 10.2. The molecule has 2 rings (SSSR count). The summed E-state index contributed by atoms with van der Waals surface area (Å²) < 4.78 is 6.65. The molecule has 0 bridgehead atoms. The van der Waals surface area contributed by atoms with Gasteiger partial charge in [-0.2, -0.15) is 0 Å². The molecular formula is C15H18N2O3. The van der Waals surface area contributed by atoms with Crippen LogP contribution in [0.4, 0.5) is 0 Å². The van der Waals surface area contributed by atoms with Crippen molar-refractivity contribution in [2.75, 3.05) is 0 Å². The van der Waals surface area contributed by atoms with Gasteiger partial charge in [0.2, 0.25) is 0 Å². The van der Waals surface area contributed by atoms with Crippen molar-refractivity contribution < 1.29 is 9.53 Å². The Bertz CT molecular complexity index is 683. The van der Waals surface area contributed by atoms with Crippen LogP contribution in [0.15, 0.2) is 35.4 Å². The van der Waals surface area contributed by atoms with Crippen LogP contribution in [0.5, 0.6) is 0 Å². The number of aryl methyl sites for hydroxylation is 1. The highest BCUT2D eigenvalue weighted by Crippen LogP contribution is 2.09. The van der Waals surface area contributed by atoms with Gasteiger partial charge in [-0.15, -0.1) is 0 Å². The second-order valence-corrected chi connectivity index (χ2v) is 5.60. The second kappa shape index (κ2) is 5.45. The number of benzene rings is 1. The van der Waals surface area contributed by atoms with E-state index in [4.69, 9.17) is 4.74 Å². The highest BCUT2D eigenvalue weighted by molar-refractivity contribution is 5.77. The number of para-hydroxylation sites is 1. The van der Waals surface area contributed by atoms with E-state index in [9.17, 15) is 9.59 Å². The third-order valence-corrected chi connectivity index (χ3v) is 2.71. The zero-order chi connectivity index (χ0) is 14.8. The molecule has 0 saturated carbocycles. The first kappa shape index (κ1) is 14.2. The summed E-state index contributed by atoms with van der Waals surface area (Å²) in [6.07, 6.45) is 1.62. The van der Waals surface area contributed by atoms with Crippen molar-refractivity contribution >= 4 is 16.9 Å². The molecule has 1 heterocycles. The minimum atomic E-state index is -0.510. The molecule has 5 nitrogen and oxygen atoms in total. The van der Waals surface area contributed by atoms with Gasteiger partial charge in [0.15, 0.2) is 0 Å². The molecule has 0 radical (unpaired) electrons. The van der Waals surface area contributed by atoms with E-state index in [1.165, 1.54) is 10.9 Å². The molecule has 106 valence electrons. The van der Waals surface area contributed by atoms with Crippen LogP contribution in [0.1, 0.15) is 27.2 Å². The third kappa shape index (κ3) is 3.44. The van der Waals surface area contributed by atoms with E-state index in [2.05, 4.69) is 4.98 Å². The van der Waals surface area contributed by atoms with Gasteiger partial charge in [-0.25, -0.2) is 4.98 Å². The van der Waals surface area contributed by atoms with Gasteiger partial charge in [-0.1, -0.05) is 12.1 Å². The molecule has 0 aliphatic carbocycles. The topological polar surface area (TPSA) is 61.2 Å². The van der Waals surface area contributed by atoms with Crippen LogP contribution >= 0.6 is 0 Å². The number of fused-ring (bicyclic) bond motifs is 1. The van der Waals surface area contributed by atoms with E-state index >= 15 is 0 Å². The summed E-state index contributed by atoms with van der Waals surface area (Å²) in [4.78, 5) is 28.1. The van der Waals surface area contributed by atoms with Crippen LogP contribution in [-0.2, 0) is 16.1 Å². The average Bonchev–Trinajstić information content (AvgIpc) is 2.36. The smallest absolute Gasteiger partial charge is 0.308 e. The fraction of sp³-hybridized carbons (Fsp3) is 0.400. The van der Waals surface area contributed by atoms with E-state index in [0.717, 1.165) is 0 Å². The molecular weight excluding hydrogens is 256 g/mol. The maximum absolute atomic E-state index is 12.2. The number of esters is 1. The normalized spacial score (nSPS) is 11.6. The summed E-state index contributed by atoms with van der Waals surface area (Å²) in [6, 6.07) is 7.15. The largest absolute Gasteiger partial charge is 0.460 e. The molecule has 0 N–H and O–H groups in total. The number of hydrogen-bond donors (Lipinski definition) is 0. The van der Waals surface area contributed by atoms with Gasteiger partial charge in [0, 0.05) is 6.54 Å². The Morgan fingerprint density at radius 3 is 2.70 bits per heavy atom. The Balaban J connectivity index is 2.13. The lowest BCUT2D eigenvalue weighted by Gasteiger charge is -2.19. The number of rotatable bonds is 3. The van der Waals surface area contributed by atoms with Crippen molar-refractivity contribution in [3.63, 3.8) is 0 Å². The van der Waals surface area contributed by atoms with E-state index < -0.39 is 5.60 Å². The first-order chi connectivity index (χ1) is 9.37. The number of aromatic nitrogens is 2. The van der Waals surface area contributed by atoms with Crippen LogP contribution in [-0.4, -0.2) is 21.1 Å². The van der Waals surface area contributed by atoms with Crippen molar-refractivity contribution in [3.8, 4) is 0 Å². The predicted octanol–water partition coefficient (Wildman–Crippen LogP) is 2.13. The number of nitrogens with zero attached hydrogens (tertiary/aromatic N) is 2. The molecule has 0 aliphatic heterocycles. The molecule has 0 saturated heterocycles. The molecule has 0 aliphatic rings. The van der Waals surface area contributed by atoms with Gasteiger partial charge in [0.25, 0.3) is 5.56 Å². The van der Waals surface area contributed by atoms with Gasteiger partial charge in [-0.05, 0) is 32.9 Å². The summed E-state index contributed by atoms with van der Waals surface area (Å²) in [5.41, 5.74) is 0.00844. The number of carbonyl (C=O) groups excluding carboxylic acids is 1. The van der Waals surface area contributed by atoms with Crippen LogP contribution in [0, 0.1) is 0 Å². The quantitative estimate of drug-likeness (QED) is 0.804. The maximum atomic E-state index is 12.2. The Hall–Kier alpha value is -2.17. The predicted molar refractivity (Wildman–Crippen MR) is 76.5 cm³/mol. The summed E-state index contributed by atoms with van der Waals surface area (Å²) >= 11 is 0. The van der Waals surface area contributed by atoms with Crippen molar-refractivity contribution in [3.05, 3.63) is 40.9 Å². The average molecular weight is 274 g/mol. The van der Waals surface area contributed by atoms with Gasteiger partial charge in [0.1, 0.15) is 5.60 Å². The lowest BCUT2D eigenvalue weighted by Crippen LogP contribution is -2.26. The van der Waals surface area contributed by atoms with Crippen molar-refractivity contribution in [2.24, 2.45) is 0 Å². The molecule has 0 atom stereocenters. The van der Waals surface area contributed by atoms with Crippen molar-refractivity contribution in [1.29, 1.82) is 0 Å². The number of ether oxygens (including phenoxy) is 1. The summed E-state index contributed by atoms with van der Waals surface area (Å²) in [5.74, 6) is -0.322. The van der Waals surface area contributed by atoms with Crippen LogP contribution in [0.3, 0.4) is 0 Å². The molecule has 2 aromatic rings. The minimum Gasteiger partial charge on any atom is -0.460 e. The van der Waals surface area contributed by atoms with E-state index in [-0.39, 0.29) is 24.5 Å². The Kier molecular flexibility index (Phi) is 3.88. The zero-order valence-electron chi connectivity index (χ0n) is 11.9. The SMILES string of the molecule is CC(C)(C)OC(=O)CCn1cnc2ccccc2c1=O. The molecule has 20 heavy (non-hydrogen) atoms. The molecule has 5 heteroatoms. The molecule has 0 fully saturated rings. The standard InChI is InChI=1S/C15H18N2O3/c1-15(2,3)20-13(18)8-9-17-10-16-12-7-5-4-6-11(12)14(17)19/h4-7,10H,8-9H2,1-3H3. The molecule has 1 aromatic carbocycles. The van der Waals surface area contributed by atoms with Crippen molar-refractivity contribution in [2.45, 2.75) is 39.3 Å². The van der Waals surface area contributed by atoms with Gasteiger partial charge in [0.05, 0.1) is 23.7 Å². The van der Waals surface area contributed by atoms with Crippen LogP contribution < -0.4 is 5.56 Å². The third-order valence-electron chi connectivity index (χ3n) is 2.71. The summed E-state index contributed by atoms with van der Waals surface area (Å²) in [6.45, 7) is 5.71. The van der Waals surface area contributed by atoms with Gasteiger partial charge >= 0.3 is 5.97 Å². The van der Waals surface area contributed by atoms with Crippen LogP contribution in [0.2, 0.25) is 0 Å². The first-order valence-corrected chi connectivity index (χ1v) is 6.53. The first-order valence-electron chi connectivity index (χ1n) is 6.53. The second-order valence-electron chi connectivity index (χ2n) is 5.60. The fourth-order valence-electron chi connectivity index (χ4n) is 1.87. The van der Waals surface area contributed by atoms with Crippen LogP contribution in [0.25, 0.3) is 10.9 Å². The minimum absolute atomic E-state index is 0.140. The Morgan fingerprint density at radius 1 is 1.30 bits per heavy atom. The van der Waals surface area contributed by atoms with Gasteiger partial charge in [-0.3, -0.25) is 14.2 Å². The monoisotopic (exact) mass is 274 g/mol. The molecule has 1 aromatic heterocycles. The molecule has 0 unspecified atom stereocenters. The Morgan fingerprint density at radius 2 is 2.00 bits per heavy atom. The maximum Gasteiger partial charge on any atom is 0.308 e. The zero-order valence-corrected chi connectivity index (χ0v) is 11.9. The number of carbonyl (C=O) groups is 1. The van der Waals surface area contributed by atoms with Gasteiger partial charge < -0.3 is 4.74 Å². The van der Waals surface area contributed by atoms with E-state index in [0.29, 0.717) is 10.9 Å². The van der Waals surface area contributed by atoms with Crippen molar-refractivity contribution in [1.82, 2.24) is 9.55 Å². The summed E-state index contributed by atoms with van der Waals surface area (Å²) in [7, 11) is 0. The Labute approximate surface area is 117 Å². The highest BCUT2D eigenvalue weighted by Gasteiger charge is 2.16. The summed E-state index contributed by atoms with van der Waals surface area (Å²) in [5, 5.41) is 0.555.